The van der Waals surface area contributed by atoms with Crippen LogP contribution in [0.4, 0.5) is 0 Å². The Morgan fingerprint density at radius 3 is 2.48 bits per heavy atom. The predicted octanol–water partition coefficient (Wildman–Crippen LogP) is 1.30. The molecule has 5 nitrogen and oxygen atoms in total. The van der Waals surface area contributed by atoms with Gasteiger partial charge in [-0.05, 0) is 24.6 Å². The molecule has 0 bridgehead atoms. The zero-order chi connectivity index (χ0) is 16.4. The third-order valence-corrected chi connectivity index (χ3v) is 5.04. The van der Waals surface area contributed by atoms with Crippen molar-refractivity contribution in [1.82, 2.24) is 14.7 Å². The summed E-state index contributed by atoms with van der Waals surface area (Å²) in [6.45, 7) is 5.70. The van der Waals surface area contributed by atoms with Crippen LogP contribution >= 0.6 is 0 Å². The number of hydrogen-bond acceptors (Lipinski definition) is 3. The lowest BCUT2D eigenvalue weighted by Crippen LogP contribution is -2.48. The number of carbonyl (C=O) groups is 2. The highest BCUT2D eigenvalue weighted by Gasteiger charge is 2.32. The highest BCUT2D eigenvalue weighted by molar-refractivity contribution is 5.80. The molecule has 2 heterocycles. The SMILES string of the molecule is CC(=O)N1CCc2ccccc2C1CC(=O)N1CCN(C)CC1. The first kappa shape index (κ1) is 16.0. The lowest BCUT2D eigenvalue weighted by atomic mass is 9.90. The number of amides is 2. The third kappa shape index (κ3) is 3.39. The van der Waals surface area contributed by atoms with E-state index >= 15 is 0 Å². The van der Waals surface area contributed by atoms with E-state index in [4.69, 9.17) is 0 Å². The number of nitrogens with zero attached hydrogens (tertiary/aromatic N) is 3. The van der Waals surface area contributed by atoms with Crippen LogP contribution in [0.1, 0.15) is 30.5 Å². The fourth-order valence-electron chi connectivity index (χ4n) is 3.60. The maximum atomic E-state index is 12.7. The first-order valence-electron chi connectivity index (χ1n) is 8.37. The van der Waals surface area contributed by atoms with Gasteiger partial charge in [0.05, 0.1) is 12.5 Å². The van der Waals surface area contributed by atoms with Crippen LogP contribution in [0.25, 0.3) is 0 Å². The summed E-state index contributed by atoms with van der Waals surface area (Å²) in [6, 6.07) is 8.08. The van der Waals surface area contributed by atoms with E-state index in [1.54, 1.807) is 6.92 Å². The summed E-state index contributed by atoms with van der Waals surface area (Å²) in [6.07, 6.45) is 1.26. The minimum atomic E-state index is -0.121. The molecule has 1 aromatic rings. The van der Waals surface area contributed by atoms with Crippen molar-refractivity contribution in [1.29, 1.82) is 0 Å². The summed E-state index contributed by atoms with van der Waals surface area (Å²) in [5.41, 5.74) is 2.40. The molecule has 0 spiro atoms. The lowest BCUT2D eigenvalue weighted by Gasteiger charge is -2.38. The molecular weight excluding hydrogens is 290 g/mol. The highest BCUT2D eigenvalue weighted by atomic mass is 16.2. The molecule has 2 aliphatic rings. The standard InChI is InChI=1S/C18H25N3O2/c1-14(22)21-8-7-15-5-3-4-6-16(15)17(21)13-18(23)20-11-9-19(2)10-12-20/h3-6,17H,7-13H2,1-2H3. The van der Waals surface area contributed by atoms with Crippen LogP contribution in [0, 0.1) is 0 Å². The molecule has 0 aromatic heterocycles. The van der Waals surface area contributed by atoms with Gasteiger partial charge >= 0.3 is 0 Å². The first-order chi connectivity index (χ1) is 11.1. The quantitative estimate of drug-likeness (QED) is 0.826. The van der Waals surface area contributed by atoms with E-state index in [0.29, 0.717) is 13.0 Å². The van der Waals surface area contributed by atoms with Crippen molar-refractivity contribution in [2.75, 3.05) is 39.8 Å². The van der Waals surface area contributed by atoms with Gasteiger partial charge in [-0.15, -0.1) is 0 Å². The second-order valence-electron chi connectivity index (χ2n) is 6.57. The van der Waals surface area contributed by atoms with Gasteiger partial charge in [0.2, 0.25) is 11.8 Å². The molecule has 0 saturated carbocycles. The van der Waals surface area contributed by atoms with Crippen molar-refractivity contribution >= 4 is 11.8 Å². The molecule has 5 heteroatoms. The molecule has 124 valence electrons. The van der Waals surface area contributed by atoms with Gasteiger partial charge in [-0.3, -0.25) is 9.59 Å². The topological polar surface area (TPSA) is 43.9 Å². The molecule has 2 amide bonds. The number of rotatable bonds is 2. The van der Waals surface area contributed by atoms with E-state index in [-0.39, 0.29) is 17.9 Å². The Morgan fingerprint density at radius 1 is 1.09 bits per heavy atom. The van der Waals surface area contributed by atoms with Gasteiger partial charge in [-0.2, -0.15) is 0 Å². The second-order valence-corrected chi connectivity index (χ2v) is 6.57. The molecule has 0 aliphatic carbocycles. The first-order valence-corrected chi connectivity index (χ1v) is 8.37. The molecule has 0 N–H and O–H groups in total. The number of carbonyl (C=O) groups excluding carboxylic acids is 2. The number of hydrogen-bond donors (Lipinski definition) is 0. The number of likely N-dealkylation sites (N-methyl/N-ethyl adjacent to an activating group) is 1. The average molecular weight is 315 g/mol. The summed E-state index contributed by atoms with van der Waals surface area (Å²) in [4.78, 5) is 30.8. The van der Waals surface area contributed by atoms with Crippen LogP contribution in [-0.4, -0.2) is 66.3 Å². The van der Waals surface area contributed by atoms with Gasteiger partial charge in [-0.25, -0.2) is 0 Å². The Bertz CT molecular complexity index is 594. The van der Waals surface area contributed by atoms with Crippen molar-refractivity contribution in [3.63, 3.8) is 0 Å². The molecule has 23 heavy (non-hydrogen) atoms. The van der Waals surface area contributed by atoms with E-state index in [0.717, 1.165) is 38.2 Å². The largest absolute Gasteiger partial charge is 0.340 e. The Hall–Kier alpha value is -1.88. The van der Waals surface area contributed by atoms with Crippen LogP contribution in [0.3, 0.4) is 0 Å². The summed E-state index contributed by atoms with van der Waals surface area (Å²) in [7, 11) is 2.08. The lowest BCUT2D eigenvalue weighted by molar-refractivity contribution is -0.137. The minimum Gasteiger partial charge on any atom is -0.340 e. The molecule has 1 aromatic carbocycles. The fraction of sp³-hybridized carbons (Fsp3) is 0.556. The number of fused-ring (bicyclic) bond motifs is 1. The molecule has 3 rings (SSSR count). The molecule has 1 atom stereocenters. The summed E-state index contributed by atoms with van der Waals surface area (Å²) >= 11 is 0. The van der Waals surface area contributed by atoms with Gasteiger partial charge in [0, 0.05) is 39.6 Å². The molecule has 1 unspecified atom stereocenters. The summed E-state index contributed by atoms with van der Waals surface area (Å²) in [5, 5.41) is 0. The maximum absolute atomic E-state index is 12.7. The van der Waals surface area contributed by atoms with E-state index in [1.165, 1.54) is 5.56 Å². The Morgan fingerprint density at radius 2 is 1.78 bits per heavy atom. The third-order valence-electron chi connectivity index (χ3n) is 5.04. The predicted molar refractivity (Wildman–Crippen MR) is 89.0 cm³/mol. The van der Waals surface area contributed by atoms with E-state index < -0.39 is 0 Å². The van der Waals surface area contributed by atoms with Gasteiger partial charge in [0.25, 0.3) is 0 Å². The molecule has 1 fully saturated rings. The van der Waals surface area contributed by atoms with Crippen molar-refractivity contribution in [3.8, 4) is 0 Å². The van der Waals surface area contributed by atoms with Crippen LogP contribution in [0.15, 0.2) is 24.3 Å². The molecule has 0 radical (unpaired) electrons. The van der Waals surface area contributed by atoms with Crippen molar-refractivity contribution < 1.29 is 9.59 Å². The Kier molecular flexibility index (Phi) is 4.66. The highest BCUT2D eigenvalue weighted by Crippen LogP contribution is 2.32. The Labute approximate surface area is 137 Å². The monoisotopic (exact) mass is 315 g/mol. The zero-order valence-corrected chi connectivity index (χ0v) is 14.0. The van der Waals surface area contributed by atoms with Gasteiger partial charge in [0.1, 0.15) is 0 Å². The van der Waals surface area contributed by atoms with Gasteiger partial charge in [0.15, 0.2) is 0 Å². The number of benzene rings is 1. The Balaban J connectivity index is 1.78. The summed E-state index contributed by atoms with van der Waals surface area (Å²) in [5.74, 6) is 0.210. The molecular formula is C18H25N3O2. The van der Waals surface area contributed by atoms with Crippen molar-refractivity contribution in [2.45, 2.75) is 25.8 Å². The van der Waals surface area contributed by atoms with E-state index in [2.05, 4.69) is 24.1 Å². The van der Waals surface area contributed by atoms with Crippen LogP contribution < -0.4 is 0 Å². The fourth-order valence-corrected chi connectivity index (χ4v) is 3.60. The van der Waals surface area contributed by atoms with E-state index in [1.807, 2.05) is 21.9 Å². The van der Waals surface area contributed by atoms with Crippen molar-refractivity contribution in [2.24, 2.45) is 0 Å². The van der Waals surface area contributed by atoms with Crippen LogP contribution in [0.2, 0.25) is 0 Å². The van der Waals surface area contributed by atoms with E-state index in [9.17, 15) is 9.59 Å². The van der Waals surface area contributed by atoms with Gasteiger partial charge < -0.3 is 14.7 Å². The van der Waals surface area contributed by atoms with Gasteiger partial charge in [-0.1, -0.05) is 24.3 Å². The maximum Gasteiger partial charge on any atom is 0.225 e. The minimum absolute atomic E-state index is 0.0516. The second kappa shape index (κ2) is 6.71. The van der Waals surface area contributed by atoms with Crippen molar-refractivity contribution in [3.05, 3.63) is 35.4 Å². The summed E-state index contributed by atoms with van der Waals surface area (Å²) < 4.78 is 0. The smallest absolute Gasteiger partial charge is 0.225 e. The molecule has 2 aliphatic heterocycles. The van der Waals surface area contributed by atoms with Crippen LogP contribution in [-0.2, 0) is 16.0 Å². The van der Waals surface area contributed by atoms with Crippen LogP contribution in [0.5, 0.6) is 0 Å². The average Bonchev–Trinajstić information content (AvgIpc) is 2.55. The molecule has 1 saturated heterocycles. The zero-order valence-electron chi connectivity index (χ0n) is 14.0. The normalized spacial score (nSPS) is 21.9. The number of piperazine rings is 1.